The molecule has 1 heterocycles. The number of carboxylic acid groups (broad SMARTS) is 1. The number of amides is 4. The van der Waals surface area contributed by atoms with Crippen molar-refractivity contribution in [3.63, 3.8) is 0 Å². The van der Waals surface area contributed by atoms with Crippen molar-refractivity contribution in [2.24, 2.45) is 0 Å². The number of hydrogen-bond donors (Lipinski definition) is 2. The fourth-order valence-electron chi connectivity index (χ4n) is 3.34. The van der Waals surface area contributed by atoms with Gasteiger partial charge in [0.25, 0.3) is 11.8 Å². The third-order valence-corrected chi connectivity index (χ3v) is 5.69. The molecular formula is C25H16Cl2N2O6. The second kappa shape index (κ2) is 10.0. The third kappa shape index (κ3) is 5.18. The van der Waals surface area contributed by atoms with Crippen molar-refractivity contribution in [3.05, 3.63) is 99.0 Å². The monoisotopic (exact) mass is 510 g/mol. The average Bonchev–Trinajstić information content (AvgIpc) is 2.82. The summed E-state index contributed by atoms with van der Waals surface area (Å²) in [7, 11) is 0. The number of nitrogens with one attached hydrogen (secondary N) is 1. The van der Waals surface area contributed by atoms with Gasteiger partial charge in [-0.1, -0.05) is 41.4 Å². The van der Waals surface area contributed by atoms with Gasteiger partial charge < -0.3 is 9.84 Å². The highest BCUT2D eigenvalue weighted by molar-refractivity contribution is 6.39. The van der Waals surface area contributed by atoms with Crippen molar-refractivity contribution < 1.29 is 29.0 Å². The number of barbiturate groups is 1. The molecule has 0 radical (unpaired) electrons. The fraction of sp³-hybridized carbons (Fsp3) is 0.0400. The molecule has 1 saturated heterocycles. The van der Waals surface area contributed by atoms with Gasteiger partial charge in [-0.3, -0.25) is 14.9 Å². The first kappa shape index (κ1) is 24.0. The maximum Gasteiger partial charge on any atom is 0.335 e. The Hall–Kier alpha value is -4.14. The number of benzene rings is 3. The minimum absolute atomic E-state index is 0.0234. The Morgan fingerprint density at radius 1 is 1.00 bits per heavy atom. The van der Waals surface area contributed by atoms with Gasteiger partial charge in [0.1, 0.15) is 17.9 Å². The number of aromatic carboxylic acids is 1. The van der Waals surface area contributed by atoms with Crippen LogP contribution >= 0.6 is 23.2 Å². The molecule has 8 nitrogen and oxygen atoms in total. The first-order chi connectivity index (χ1) is 16.7. The van der Waals surface area contributed by atoms with Crippen LogP contribution in [-0.4, -0.2) is 28.9 Å². The molecule has 1 aliphatic rings. The standard InChI is InChI=1S/C25H16Cl2N2O6/c26-17-7-10-21(35-13-15-3-1-2-4-20(15)27)16(11-17)12-19-22(30)28-25(34)29(23(19)31)18-8-5-14(6-9-18)24(32)33/h1-12H,13H2,(H,32,33)(H,28,30,34)/b19-12+. The molecule has 4 amide bonds. The maximum absolute atomic E-state index is 13.2. The number of imide groups is 2. The zero-order valence-electron chi connectivity index (χ0n) is 17.8. The van der Waals surface area contributed by atoms with Gasteiger partial charge in [-0.15, -0.1) is 0 Å². The molecule has 0 aromatic heterocycles. The lowest BCUT2D eigenvalue weighted by Crippen LogP contribution is -2.54. The fourth-order valence-corrected chi connectivity index (χ4v) is 3.71. The molecule has 2 N–H and O–H groups in total. The molecule has 0 bridgehead atoms. The Balaban J connectivity index is 1.67. The Bertz CT molecular complexity index is 1380. The number of anilines is 1. The number of halogens is 2. The van der Waals surface area contributed by atoms with Gasteiger partial charge in [-0.25, -0.2) is 14.5 Å². The van der Waals surface area contributed by atoms with Crippen LogP contribution in [0.1, 0.15) is 21.5 Å². The predicted molar refractivity (Wildman–Crippen MR) is 130 cm³/mol. The van der Waals surface area contributed by atoms with E-state index in [4.69, 9.17) is 33.0 Å². The first-order valence-electron chi connectivity index (χ1n) is 10.1. The Morgan fingerprint density at radius 2 is 1.71 bits per heavy atom. The molecule has 0 spiro atoms. The van der Waals surface area contributed by atoms with Gasteiger partial charge in [0, 0.05) is 21.2 Å². The molecule has 0 unspecified atom stereocenters. The smallest absolute Gasteiger partial charge is 0.335 e. The van der Waals surface area contributed by atoms with Gasteiger partial charge in [-0.05, 0) is 54.6 Å². The molecule has 3 aromatic carbocycles. The van der Waals surface area contributed by atoms with Crippen molar-refractivity contribution in [2.45, 2.75) is 6.61 Å². The second-order valence-electron chi connectivity index (χ2n) is 7.37. The Kier molecular flexibility index (Phi) is 6.86. The van der Waals surface area contributed by atoms with Crippen LogP contribution in [0.4, 0.5) is 10.5 Å². The van der Waals surface area contributed by atoms with Gasteiger partial charge in [0.15, 0.2) is 0 Å². The van der Waals surface area contributed by atoms with Crippen LogP contribution in [-0.2, 0) is 16.2 Å². The van der Waals surface area contributed by atoms with Gasteiger partial charge >= 0.3 is 12.0 Å². The van der Waals surface area contributed by atoms with Crippen LogP contribution in [0.3, 0.4) is 0 Å². The third-order valence-electron chi connectivity index (χ3n) is 5.09. The van der Waals surface area contributed by atoms with E-state index in [2.05, 4.69) is 5.32 Å². The molecule has 176 valence electrons. The minimum Gasteiger partial charge on any atom is -0.488 e. The summed E-state index contributed by atoms with van der Waals surface area (Å²) in [4.78, 5) is 50.0. The lowest BCUT2D eigenvalue weighted by atomic mass is 10.1. The number of nitrogens with zero attached hydrogens (tertiary/aromatic N) is 1. The van der Waals surface area contributed by atoms with E-state index in [1.54, 1.807) is 30.3 Å². The normalized spacial score (nSPS) is 14.7. The van der Waals surface area contributed by atoms with E-state index in [-0.39, 0.29) is 23.4 Å². The summed E-state index contributed by atoms with van der Waals surface area (Å²) in [6.45, 7) is 0.123. The topological polar surface area (TPSA) is 113 Å². The highest BCUT2D eigenvalue weighted by Crippen LogP contribution is 2.29. The minimum atomic E-state index is -1.16. The largest absolute Gasteiger partial charge is 0.488 e. The molecule has 1 fully saturated rings. The summed E-state index contributed by atoms with van der Waals surface area (Å²) in [6.07, 6.45) is 1.27. The summed E-state index contributed by atoms with van der Waals surface area (Å²) >= 11 is 12.3. The Morgan fingerprint density at radius 3 is 2.40 bits per heavy atom. The zero-order chi connectivity index (χ0) is 25.1. The van der Waals surface area contributed by atoms with Gasteiger partial charge in [0.05, 0.1) is 11.3 Å². The molecule has 0 saturated carbocycles. The van der Waals surface area contributed by atoms with Crippen LogP contribution < -0.4 is 15.0 Å². The van der Waals surface area contributed by atoms with E-state index in [0.29, 0.717) is 21.4 Å². The first-order valence-corrected chi connectivity index (χ1v) is 10.9. The molecule has 0 atom stereocenters. The highest BCUT2D eigenvalue weighted by atomic mass is 35.5. The molecule has 3 aromatic rings. The van der Waals surface area contributed by atoms with Crippen molar-refractivity contribution in [2.75, 3.05) is 4.90 Å². The van der Waals surface area contributed by atoms with Gasteiger partial charge in [-0.2, -0.15) is 0 Å². The number of hydrogen-bond acceptors (Lipinski definition) is 5. The average molecular weight is 511 g/mol. The van der Waals surface area contributed by atoms with Crippen LogP contribution in [0.5, 0.6) is 5.75 Å². The molecule has 4 rings (SSSR count). The van der Waals surface area contributed by atoms with Gasteiger partial charge in [0.2, 0.25) is 0 Å². The molecule has 10 heteroatoms. The number of carbonyl (C=O) groups excluding carboxylic acids is 3. The second-order valence-corrected chi connectivity index (χ2v) is 8.22. The van der Waals surface area contributed by atoms with E-state index < -0.39 is 23.8 Å². The van der Waals surface area contributed by atoms with E-state index >= 15 is 0 Å². The molecular weight excluding hydrogens is 495 g/mol. The zero-order valence-corrected chi connectivity index (χ0v) is 19.3. The number of urea groups is 1. The number of carboxylic acids is 1. The number of ether oxygens (including phenoxy) is 1. The van der Waals surface area contributed by atoms with E-state index in [1.807, 2.05) is 6.07 Å². The van der Waals surface area contributed by atoms with E-state index in [1.165, 1.54) is 36.4 Å². The summed E-state index contributed by atoms with van der Waals surface area (Å²) in [6, 6.07) is 16.0. The van der Waals surface area contributed by atoms with Crippen molar-refractivity contribution in [1.82, 2.24) is 5.32 Å². The molecule has 0 aliphatic carbocycles. The van der Waals surface area contributed by atoms with Crippen molar-refractivity contribution in [3.8, 4) is 5.75 Å². The summed E-state index contributed by atoms with van der Waals surface area (Å²) < 4.78 is 5.87. The molecule has 35 heavy (non-hydrogen) atoms. The summed E-state index contributed by atoms with van der Waals surface area (Å²) in [5.41, 5.74) is 0.799. The van der Waals surface area contributed by atoms with Crippen LogP contribution in [0.2, 0.25) is 10.0 Å². The van der Waals surface area contributed by atoms with Crippen LogP contribution in [0, 0.1) is 0 Å². The number of carbonyl (C=O) groups is 4. The number of rotatable bonds is 6. The lowest BCUT2D eigenvalue weighted by molar-refractivity contribution is -0.122. The summed E-state index contributed by atoms with van der Waals surface area (Å²) in [5, 5.41) is 12.0. The molecule has 1 aliphatic heterocycles. The maximum atomic E-state index is 13.2. The van der Waals surface area contributed by atoms with Crippen LogP contribution in [0.25, 0.3) is 6.08 Å². The van der Waals surface area contributed by atoms with E-state index in [9.17, 15) is 19.2 Å². The SMILES string of the molecule is O=C1NC(=O)N(c2ccc(C(=O)O)cc2)C(=O)/C1=C/c1cc(Cl)ccc1OCc1ccccc1Cl. The summed E-state index contributed by atoms with van der Waals surface area (Å²) in [5.74, 6) is -2.61. The van der Waals surface area contributed by atoms with Crippen LogP contribution in [0.15, 0.2) is 72.3 Å². The van der Waals surface area contributed by atoms with Crippen molar-refractivity contribution >= 4 is 58.8 Å². The lowest BCUT2D eigenvalue weighted by Gasteiger charge is -2.26. The Labute approximate surface area is 209 Å². The quantitative estimate of drug-likeness (QED) is 0.358. The van der Waals surface area contributed by atoms with Crippen molar-refractivity contribution in [1.29, 1.82) is 0 Å². The van der Waals surface area contributed by atoms with E-state index in [0.717, 1.165) is 10.5 Å². The predicted octanol–water partition coefficient (Wildman–Crippen LogP) is 4.94. The highest BCUT2D eigenvalue weighted by Gasteiger charge is 2.37.